The second-order valence-electron chi connectivity index (χ2n) is 7.65. The Morgan fingerprint density at radius 1 is 1.22 bits per heavy atom. The van der Waals surface area contributed by atoms with Crippen LogP contribution in [0.15, 0.2) is 6.07 Å². The smallest absolute Gasteiger partial charge is 0.410 e. The first-order valence-corrected chi connectivity index (χ1v) is 9.53. The zero-order chi connectivity index (χ0) is 16.4. The van der Waals surface area contributed by atoms with Gasteiger partial charge in [-0.25, -0.2) is 4.79 Å². The summed E-state index contributed by atoms with van der Waals surface area (Å²) in [5, 5.41) is 0. The van der Waals surface area contributed by atoms with Gasteiger partial charge in [0.15, 0.2) is 0 Å². The van der Waals surface area contributed by atoms with Crippen LogP contribution in [0.3, 0.4) is 0 Å². The molecule has 4 nitrogen and oxygen atoms in total. The average Bonchev–Trinajstić information content (AvgIpc) is 2.87. The predicted molar refractivity (Wildman–Crippen MR) is 93.8 cm³/mol. The van der Waals surface area contributed by atoms with Gasteiger partial charge in [-0.2, -0.15) is 0 Å². The first-order chi connectivity index (χ1) is 10.9. The number of carbonyl (C=O) groups excluding carboxylic acids is 1. The molecule has 0 aromatic carbocycles. The number of rotatable bonds is 2. The van der Waals surface area contributed by atoms with Crippen molar-refractivity contribution < 1.29 is 9.53 Å². The van der Waals surface area contributed by atoms with E-state index >= 15 is 0 Å². The van der Waals surface area contributed by atoms with Crippen LogP contribution in [0.5, 0.6) is 0 Å². The average molecular weight is 337 g/mol. The monoisotopic (exact) mass is 336 g/mol. The van der Waals surface area contributed by atoms with Crippen molar-refractivity contribution in [2.45, 2.75) is 65.1 Å². The maximum Gasteiger partial charge on any atom is 0.410 e. The number of ether oxygens (including phenoxy) is 1. The van der Waals surface area contributed by atoms with Gasteiger partial charge in [-0.15, -0.1) is 11.3 Å². The molecule has 3 rings (SSSR count). The van der Waals surface area contributed by atoms with Crippen molar-refractivity contribution in [3.05, 3.63) is 21.4 Å². The minimum Gasteiger partial charge on any atom is -0.444 e. The Morgan fingerprint density at radius 3 is 2.65 bits per heavy atom. The first kappa shape index (κ1) is 16.8. The summed E-state index contributed by atoms with van der Waals surface area (Å²) in [5.74, 6) is 0. The van der Waals surface area contributed by atoms with E-state index in [0.29, 0.717) is 6.54 Å². The van der Waals surface area contributed by atoms with E-state index in [0.717, 1.165) is 19.5 Å². The van der Waals surface area contributed by atoms with Crippen LogP contribution in [0.1, 0.15) is 55.4 Å². The second kappa shape index (κ2) is 6.81. The zero-order valence-electron chi connectivity index (χ0n) is 14.6. The maximum atomic E-state index is 12.2. The third-order valence-corrected chi connectivity index (χ3v) is 5.62. The summed E-state index contributed by atoms with van der Waals surface area (Å²) in [6.45, 7) is 10.8. The van der Waals surface area contributed by atoms with Gasteiger partial charge in [0.05, 0.1) is 6.54 Å². The third-order valence-electron chi connectivity index (χ3n) is 4.40. The minimum absolute atomic E-state index is 0.188. The molecule has 0 saturated carbocycles. The Bertz CT molecular complexity index is 556. The van der Waals surface area contributed by atoms with Crippen LogP contribution in [0.25, 0.3) is 0 Å². The van der Waals surface area contributed by atoms with Crippen molar-refractivity contribution in [1.29, 1.82) is 0 Å². The number of fused-ring (bicyclic) bond motifs is 1. The maximum absolute atomic E-state index is 12.2. The Hall–Kier alpha value is -1.07. The molecule has 1 fully saturated rings. The van der Waals surface area contributed by atoms with Crippen molar-refractivity contribution in [2.24, 2.45) is 0 Å². The molecule has 0 N–H and O–H groups in total. The highest BCUT2D eigenvalue weighted by molar-refractivity contribution is 7.12. The van der Waals surface area contributed by atoms with Crippen LogP contribution >= 0.6 is 11.3 Å². The fourth-order valence-electron chi connectivity index (χ4n) is 3.29. The Kier molecular flexibility index (Phi) is 4.97. The van der Waals surface area contributed by atoms with Crippen molar-refractivity contribution in [3.8, 4) is 0 Å². The lowest BCUT2D eigenvalue weighted by Gasteiger charge is -2.29. The standard InChI is InChI=1S/C18H28N2O2S/c1-18(2,3)22-17(21)20-10-7-16-14(12-20)11-15(23-16)13-19-8-5-4-6-9-19/h11H,4-10,12-13H2,1-3H3. The van der Waals surface area contributed by atoms with E-state index in [4.69, 9.17) is 4.74 Å². The zero-order valence-corrected chi connectivity index (χ0v) is 15.4. The molecular formula is C18H28N2O2S. The fourth-order valence-corrected chi connectivity index (χ4v) is 4.51. The highest BCUT2D eigenvalue weighted by Gasteiger charge is 2.27. The van der Waals surface area contributed by atoms with Crippen molar-refractivity contribution in [3.63, 3.8) is 0 Å². The molecule has 0 radical (unpaired) electrons. The van der Waals surface area contributed by atoms with E-state index in [9.17, 15) is 4.79 Å². The number of hydrogen-bond donors (Lipinski definition) is 0. The van der Waals surface area contributed by atoms with Crippen molar-refractivity contribution in [1.82, 2.24) is 9.80 Å². The summed E-state index contributed by atoms with van der Waals surface area (Å²) >= 11 is 1.94. The lowest BCUT2D eigenvalue weighted by molar-refractivity contribution is 0.0225. The fraction of sp³-hybridized carbons (Fsp3) is 0.722. The van der Waals surface area contributed by atoms with Crippen LogP contribution in [0, 0.1) is 0 Å². The number of likely N-dealkylation sites (tertiary alicyclic amines) is 1. The Morgan fingerprint density at radius 2 is 1.96 bits per heavy atom. The van der Waals surface area contributed by atoms with Crippen molar-refractivity contribution >= 4 is 17.4 Å². The molecule has 1 aromatic rings. The normalized spacial score (nSPS) is 19.5. The summed E-state index contributed by atoms with van der Waals surface area (Å²) in [6, 6.07) is 2.31. The molecule has 128 valence electrons. The highest BCUT2D eigenvalue weighted by atomic mass is 32.1. The number of carbonyl (C=O) groups is 1. The third kappa shape index (κ3) is 4.48. The topological polar surface area (TPSA) is 32.8 Å². The van der Waals surface area contributed by atoms with Gasteiger partial charge in [0, 0.05) is 22.8 Å². The Labute approximate surface area is 143 Å². The summed E-state index contributed by atoms with van der Waals surface area (Å²) in [5.41, 5.74) is 0.893. The minimum atomic E-state index is -0.425. The number of nitrogens with zero attached hydrogens (tertiary/aromatic N) is 2. The second-order valence-corrected chi connectivity index (χ2v) is 8.87. The van der Waals surface area contributed by atoms with Gasteiger partial charge < -0.3 is 9.64 Å². The SMILES string of the molecule is CC(C)(C)OC(=O)N1CCc2sc(CN3CCCCC3)cc2C1. The molecule has 0 unspecified atom stereocenters. The number of thiophene rings is 1. The van der Waals surface area contributed by atoms with E-state index < -0.39 is 5.60 Å². The van der Waals surface area contributed by atoms with Crippen LogP contribution < -0.4 is 0 Å². The van der Waals surface area contributed by atoms with Crippen LogP contribution in [0.2, 0.25) is 0 Å². The largest absolute Gasteiger partial charge is 0.444 e. The van der Waals surface area contributed by atoms with Gasteiger partial charge in [-0.3, -0.25) is 4.90 Å². The van der Waals surface area contributed by atoms with E-state index in [1.165, 1.54) is 47.7 Å². The van der Waals surface area contributed by atoms with Gasteiger partial charge >= 0.3 is 6.09 Å². The lowest BCUT2D eigenvalue weighted by Crippen LogP contribution is -2.39. The molecule has 1 saturated heterocycles. The molecule has 1 aromatic heterocycles. The quantitative estimate of drug-likeness (QED) is 0.817. The summed E-state index contributed by atoms with van der Waals surface area (Å²) in [6.07, 6.45) is 4.81. The molecule has 0 aliphatic carbocycles. The molecule has 3 heterocycles. The van der Waals surface area contributed by atoms with E-state index in [-0.39, 0.29) is 6.09 Å². The summed E-state index contributed by atoms with van der Waals surface area (Å²) in [4.78, 5) is 19.5. The Balaban J connectivity index is 1.61. The molecule has 2 aliphatic heterocycles. The molecular weight excluding hydrogens is 308 g/mol. The summed E-state index contributed by atoms with van der Waals surface area (Å²) in [7, 11) is 0. The van der Waals surface area contributed by atoms with Crippen LogP contribution in [-0.4, -0.2) is 41.1 Å². The van der Waals surface area contributed by atoms with Gasteiger partial charge in [-0.05, 0) is 64.8 Å². The van der Waals surface area contributed by atoms with E-state index in [2.05, 4.69) is 11.0 Å². The van der Waals surface area contributed by atoms with Gasteiger partial charge in [-0.1, -0.05) is 6.42 Å². The first-order valence-electron chi connectivity index (χ1n) is 8.71. The van der Waals surface area contributed by atoms with Crippen molar-refractivity contribution in [2.75, 3.05) is 19.6 Å². The van der Waals surface area contributed by atoms with Crippen LogP contribution in [0.4, 0.5) is 4.79 Å². The molecule has 23 heavy (non-hydrogen) atoms. The molecule has 5 heteroatoms. The molecule has 2 aliphatic rings. The number of amides is 1. The van der Waals surface area contributed by atoms with Crippen LogP contribution in [-0.2, 0) is 24.2 Å². The van der Waals surface area contributed by atoms with Gasteiger partial charge in [0.25, 0.3) is 0 Å². The number of hydrogen-bond acceptors (Lipinski definition) is 4. The number of piperidine rings is 1. The van der Waals surface area contributed by atoms with E-state index in [1.807, 2.05) is 37.0 Å². The highest BCUT2D eigenvalue weighted by Crippen LogP contribution is 2.30. The predicted octanol–water partition coefficient (Wildman–Crippen LogP) is 4.03. The molecule has 0 spiro atoms. The van der Waals surface area contributed by atoms with E-state index in [1.54, 1.807) is 0 Å². The summed E-state index contributed by atoms with van der Waals surface area (Å²) < 4.78 is 5.50. The molecule has 1 amide bonds. The van der Waals surface area contributed by atoms with Gasteiger partial charge in [0.2, 0.25) is 0 Å². The lowest BCUT2D eigenvalue weighted by atomic mass is 10.1. The van der Waals surface area contributed by atoms with Gasteiger partial charge in [0.1, 0.15) is 5.60 Å². The molecule has 0 atom stereocenters. The molecule has 0 bridgehead atoms.